The third-order valence-corrected chi connectivity index (χ3v) is 3.79. The van der Waals surface area contributed by atoms with Gasteiger partial charge in [0.2, 0.25) is 0 Å². The Morgan fingerprint density at radius 1 is 1.38 bits per heavy atom. The van der Waals surface area contributed by atoms with Gasteiger partial charge >= 0.3 is 0 Å². The summed E-state index contributed by atoms with van der Waals surface area (Å²) in [7, 11) is 0. The number of halogens is 1. The first-order chi connectivity index (χ1) is 10.0. The minimum atomic E-state index is -0.741. The highest BCUT2D eigenvalue weighted by Crippen LogP contribution is 2.31. The van der Waals surface area contributed by atoms with Gasteiger partial charge in [-0.05, 0) is 53.9 Å². The maximum atomic E-state index is 10.7. The Morgan fingerprint density at radius 2 is 2.14 bits per heavy atom. The normalized spacial score (nSPS) is 12.7. The molecule has 1 N–H and O–H groups in total. The van der Waals surface area contributed by atoms with Gasteiger partial charge in [-0.2, -0.15) is 5.10 Å². The maximum Gasteiger partial charge on any atom is 0.122 e. The molecule has 0 fully saturated rings. The summed E-state index contributed by atoms with van der Waals surface area (Å²) >= 11 is 3.47. The molecule has 114 valence electrons. The van der Waals surface area contributed by atoms with Gasteiger partial charge in [0.15, 0.2) is 0 Å². The second-order valence-electron chi connectivity index (χ2n) is 5.24. The highest BCUT2D eigenvalue weighted by atomic mass is 79.9. The van der Waals surface area contributed by atoms with E-state index in [1.54, 1.807) is 6.20 Å². The highest BCUT2D eigenvalue weighted by Gasteiger charge is 2.21. The van der Waals surface area contributed by atoms with E-state index in [-0.39, 0.29) is 6.04 Å². The summed E-state index contributed by atoms with van der Waals surface area (Å²) in [6, 6.07) is 7.76. The molecule has 1 aromatic heterocycles. The molecule has 21 heavy (non-hydrogen) atoms. The van der Waals surface area contributed by atoms with Gasteiger partial charge in [-0.15, -0.1) is 0 Å². The van der Waals surface area contributed by atoms with Crippen LogP contribution in [0, 0.1) is 0 Å². The Kier molecular flexibility index (Phi) is 5.42. The zero-order chi connectivity index (χ0) is 15.4. The van der Waals surface area contributed by atoms with Crippen molar-refractivity contribution >= 4 is 15.9 Å². The zero-order valence-corrected chi connectivity index (χ0v) is 14.2. The lowest BCUT2D eigenvalue weighted by Crippen LogP contribution is -2.12. The average molecular weight is 353 g/mol. The van der Waals surface area contributed by atoms with E-state index in [4.69, 9.17) is 4.74 Å². The fraction of sp³-hybridized carbons (Fsp3) is 0.438. The fourth-order valence-corrected chi connectivity index (χ4v) is 2.66. The summed E-state index contributed by atoms with van der Waals surface area (Å²) in [4.78, 5) is 0. The molecule has 1 heterocycles. The smallest absolute Gasteiger partial charge is 0.122 e. The van der Waals surface area contributed by atoms with E-state index in [2.05, 4.69) is 28.0 Å². The molecule has 2 aromatic rings. The molecule has 0 aliphatic heterocycles. The van der Waals surface area contributed by atoms with E-state index in [1.165, 1.54) is 0 Å². The Labute approximate surface area is 133 Å². The molecule has 1 atom stereocenters. The number of hydrogen-bond acceptors (Lipinski definition) is 3. The second kappa shape index (κ2) is 7.09. The van der Waals surface area contributed by atoms with Gasteiger partial charge in [0.25, 0.3) is 0 Å². The van der Waals surface area contributed by atoms with Crippen LogP contribution in [-0.2, 0) is 0 Å². The Hall–Kier alpha value is -1.33. The second-order valence-corrected chi connectivity index (χ2v) is 6.09. The Balaban J connectivity index is 2.31. The maximum absolute atomic E-state index is 10.7. The molecule has 0 spiro atoms. The van der Waals surface area contributed by atoms with Gasteiger partial charge in [0, 0.05) is 6.04 Å². The SMILES string of the molecule is CCCOc1cccc(C(O)c2c(Br)cnn2C(C)C)c1. The predicted octanol–water partition coefficient (Wildman–Crippen LogP) is 4.10. The van der Waals surface area contributed by atoms with Gasteiger partial charge in [0.1, 0.15) is 11.9 Å². The van der Waals surface area contributed by atoms with Crippen molar-refractivity contribution in [3.05, 3.63) is 46.2 Å². The summed E-state index contributed by atoms with van der Waals surface area (Å²) in [5.74, 6) is 0.778. The van der Waals surface area contributed by atoms with Gasteiger partial charge in [-0.3, -0.25) is 4.68 Å². The molecule has 0 saturated heterocycles. The molecule has 5 heteroatoms. The largest absolute Gasteiger partial charge is 0.494 e. The molecule has 0 bridgehead atoms. The van der Waals surface area contributed by atoms with Gasteiger partial charge in [-0.25, -0.2) is 0 Å². The van der Waals surface area contributed by atoms with E-state index in [9.17, 15) is 5.11 Å². The number of ether oxygens (including phenoxy) is 1. The first-order valence-electron chi connectivity index (χ1n) is 7.18. The number of aliphatic hydroxyl groups excluding tert-OH is 1. The van der Waals surface area contributed by atoms with Gasteiger partial charge in [0.05, 0.1) is 23.0 Å². The Morgan fingerprint density at radius 3 is 2.81 bits per heavy atom. The topological polar surface area (TPSA) is 47.3 Å². The van der Waals surface area contributed by atoms with Crippen LogP contribution >= 0.6 is 15.9 Å². The third kappa shape index (κ3) is 3.66. The van der Waals surface area contributed by atoms with Crippen LogP contribution < -0.4 is 4.74 Å². The van der Waals surface area contributed by atoms with Crippen molar-refractivity contribution in [2.45, 2.75) is 39.3 Å². The standard InChI is InChI=1S/C16H21BrN2O2/c1-4-8-21-13-7-5-6-12(9-13)16(20)15-14(17)10-18-19(15)11(2)3/h5-7,9-11,16,20H,4,8H2,1-3H3. The lowest BCUT2D eigenvalue weighted by molar-refractivity contribution is 0.203. The molecule has 0 aliphatic carbocycles. The van der Waals surface area contributed by atoms with Crippen molar-refractivity contribution in [1.29, 1.82) is 0 Å². The highest BCUT2D eigenvalue weighted by molar-refractivity contribution is 9.10. The molecule has 0 aliphatic rings. The predicted molar refractivity (Wildman–Crippen MR) is 86.6 cm³/mol. The van der Waals surface area contributed by atoms with Crippen LogP contribution in [-0.4, -0.2) is 21.5 Å². The zero-order valence-electron chi connectivity index (χ0n) is 12.6. The molecule has 1 aromatic carbocycles. The lowest BCUT2D eigenvalue weighted by Gasteiger charge is -2.17. The van der Waals surface area contributed by atoms with E-state index < -0.39 is 6.10 Å². The van der Waals surface area contributed by atoms with Crippen molar-refractivity contribution in [3.8, 4) is 5.75 Å². The monoisotopic (exact) mass is 352 g/mol. The van der Waals surface area contributed by atoms with Crippen LogP contribution in [0.25, 0.3) is 0 Å². The Bertz CT molecular complexity index is 596. The van der Waals surface area contributed by atoms with Crippen molar-refractivity contribution < 1.29 is 9.84 Å². The van der Waals surface area contributed by atoms with Gasteiger partial charge in [-0.1, -0.05) is 19.1 Å². The third-order valence-electron chi connectivity index (χ3n) is 3.18. The molecule has 0 radical (unpaired) electrons. The number of nitrogens with zero attached hydrogens (tertiary/aromatic N) is 2. The number of rotatable bonds is 6. The molecule has 0 amide bonds. The molecular formula is C16H21BrN2O2. The molecule has 0 saturated carbocycles. The molecular weight excluding hydrogens is 332 g/mol. The molecule has 2 rings (SSSR count). The summed E-state index contributed by atoms with van der Waals surface area (Å²) in [6.45, 7) is 6.82. The molecule has 4 nitrogen and oxygen atoms in total. The van der Waals surface area contributed by atoms with E-state index >= 15 is 0 Å². The molecule has 1 unspecified atom stereocenters. The van der Waals surface area contributed by atoms with Crippen LogP contribution in [0.5, 0.6) is 5.75 Å². The summed E-state index contributed by atoms with van der Waals surface area (Å²) in [5, 5.41) is 15.0. The number of aromatic nitrogens is 2. The van der Waals surface area contributed by atoms with Crippen LogP contribution in [0.15, 0.2) is 34.9 Å². The van der Waals surface area contributed by atoms with Crippen molar-refractivity contribution in [3.63, 3.8) is 0 Å². The van der Waals surface area contributed by atoms with Crippen molar-refractivity contribution in [2.75, 3.05) is 6.61 Å². The number of aliphatic hydroxyl groups is 1. The minimum Gasteiger partial charge on any atom is -0.494 e. The van der Waals surface area contributed by atoms with Crippen molar-refractivity contribution in [2.24, 2.45) is 0 Å². The number of benzene rings is 1. The fourth-order valence-electron chi connectivity index (χ4n) is 2.17. The van der Waals surface area contributed by atoms with E-state index in [0.717, 1.165) is 27.9 Å². The van der Waals surface area contributed by atoms with E-state index in [1.807, 2.05) is 42.8 Å². The average Bonchev–Trinajstić information content (AvgIpc) is 2.86. The lowest BCUT2D eigenvalue weighted by atomic mass is 10.1. The van der Waals surface area contributed by atoms with Crippen LogP contribution in [0.1, 0.15) is 50.6 Å². The summed E-state index contributed by atoms with van der Waals surface area (Å²) < 4.78 is 8.26. The van der Waals surface area contributed by atoms with E-state index in [0.29, 0.717) is 6.61 Å². The van der Waals surface area contributed by atoms with Crippen LogP contribution in [0.4, 0.5) is 0 Å². The minimum absolute atomic E-state index is 0.181. The quantitative estimate of drug-likeness (QED) is 0.851. The summed E-state index contributed by atoms with van der Waals surface area (Å²) in [5.41, 5.74) is 1.56. The number of hydrogen-bond donors (Lipinski definition) is 1. The van der Waals surface area contributed by atoms with Crippen molar-refractivity contribution in [1.82, 2.24) is 9.78 Å². The first kappa shape index (κ1) is 16.0. The first-order valence-corrected chi connectivity index (χ1v) is 7.97. The summed E-state index contributed by atoms with van der Waals surface area (Å²) in [6.07, 6.45) is 1.93. The van der Waals surface area contributed by atoms with Crippen LogP contribution in [0.2, 0.25) is 0 Å². The van der Waals surface area contributed by atoms with Gasteiger partial charge < -0.3 is 9.84 Å². The van der Waals surface area contributed by atoms with Crippen LogP contribution in [0.3, 0.4) is 0 Å².